The average molecular weight is 575 g/mol. The highest BCUT2D eigenvalue weighted by Crippen LogP contribution is 2.36. The van der Waals surface area contributed by atoms with Crippen LogP contribution in [0.1, 0.15) is 38.8 Å². The topological polar surface area (TPSA) is 35.6 Å². The largest absolute Gasteiger partial charge is 0.309 e. The number of para-hydroxylation sites is 2. The van der Waals surface area contributed by atoms with Gasteiger partial charge in [0.1, 0.15) is 5.82 Å². The van der Waals surface area contributed by atoms with Crippen LogP contribution >= 0.6 is 0 Å². The molecule has 7 rings (SSSR count). The fourth-order valence-electron chi connectivity index (χ4n) is 6.58. The van der Waals surface area contributed by atoms with Gasteiger partial charge in [0.2, 0.25) is 0 Å². The Bertz CT molecular complexity index is 2030. The molecular formula is C40H38N4. The molecule has 3 aromatic heterocycles. The Morgan fingerprint density at radius 3 is 2.02 bits per heavy atom. The Hall–Kier alpha value is -4.96. The fourth-order valence-corrected chi connectivity index (χ4v) is 6.58. The second-order valence-electron chi connectivity index (χ2n) is 12.6. The van der Waals surface area contributed by atoms with E-state index in [0.29, 0.717) is 11.8 Å². The number of fused-ring (bicyclic) bond motifs is 3. The summed E-state index contributed by atoms with van der Waals surface area (Å²) in [4.78, 5) is 9.22. The molecule has 0 radical (unpaired) electrons. The molecule has 0 aliphatic carbocycles. The van der Waals surface area contributed by atoms with E-state index in [9.17, 15) is 0 Å². The third-order valence-corrected chi connectivity index (χ3v) is 8.39. The van der Waals surface area contributed by atoms with Crippen molar-refractivity contribution in [1.82, 2.24) is 19.1 Å². The van der Waals surface area contributed by atoms with Gasteiger partial charge in [-0.05, 0) is 89.9 Å². The van der Waals surface area contributed by atoms with Gasteiger partial charge in [-0.1, -0.05) is 76.2 Å². The van der Waals surface area contributed by atoms with Gasteiger partial charge in [-0.3, -0.25) is 9.55 Å². The van der Waals surface area contributed by atoms with Crippen molar-refractivity contribution in [2.45, 2.75) is 40.5 Å². The maximum atomic E-state index is 4.89. The Balaban J connectivity index is 1.32. The minimum Gasteiger partial charge on any atom is -0.309 e. The standard InChI is InChI=1S/C40H38N4/c1-27(2)23-31-9-7-10-32(24-28(3)4)39(31)43-22-21-42-40(43)29-14-17-34(18-15-29)44-37-13-6-5-12-35(37)36-25-30(16-19-38(36)44)33-11-8-20-41-26-33/h5-22,25-28H,23-24H2,1-4H3. The Kier molecular flexibility index (Phi) is 7.35. The maximum Gasteiger partial charge on any atom is 0.144 e. The second kappa shape index (κ2) is 11.6. The molecule has 0 spiro atoms. The van der Waals surface area contributed by atoms with E-state index in [1.54, 1.807) is 0 Å². The molecular weight excluding hydrogens is 536 g/mol. The van der Waals surface area contributed by atoms with E-state index in [1.165, 1.54) is 44.2 Å². The lowest BCUT2D eigenvalue weighted by atomic mass is 9.94. The molecule has 0 saturated carbocycles. The summed E-state index contributed by atoms with van der Waals surface area (Å²) < 4.78 is 4.68. The normalized spacial score (nSPS) is 11.8. The van der Waals surface area contributed by atoms with Crippen LogP contribution in [0, 0.1) is 11.8 Å². The summed E-state index contributed by atoms with van der Waals surface area (Å²) in [5.74, 6) is 2.11. The summed E-state index contributed by atoms with van der Waals surface area (Å²) in [6, 6.07) is 35.2. The lowest BCUT2D eigenvalue weighted by Gasteiger charge is -2.20. The van der Waals surface area contributed by atoms with Gasteiger partial charge in [-0.25, -0.2) is 4.98 Å². The van der Waals surface area contributed by atoms with Gasteiger partial charge >= 0.3 is 0 Å². The van der Waals surface area contributed by atoms with Crippen LogP contribution in [0.5, 0.6) is 0 Å². The van der Waals surface area contributed by atoms with Gasteiger partial charge in [0, 0.05) is 52.4 Å². The number of rotatable bonds is 8. The van der Waals surface area contributed by atoms with Crippen molar-refractivity contribution in [3.8, 4) is 33.9 Å². The lowest BCUT2D eigenvalue weighted by Crippen LogP contribution is -2.09. The molecule has 0 aliphatic rings. The fraction of sp³-hybridized carbons (Fsp3) is 0.200. The summed E-state index contributed by atoms with van der Waals surface area (Å²) in [5, 5.41) is 2.48. The molecule has 0 saturated heterocycles. The number of hydrogen-bond donors (Lipinski definition) is 0. The highest BCUT2D eigenvalue weighted by molar-refractivity contribution is 6.10. The minimum absolute atomic E-state index is 0.570. The number of benzene rings is 4. The molecule has 0 amide bonds. The first-order valence-corrected chi connectivity index (χ1v) is 15.7. The summed E-state index contributed by atoms with van der Waals surface area (Å²) in [6.45, 7) is 9.17. The van der Waals surface area contributed by atoms with E-state index in [2.05, 4.69) is 139 Å². The summed E-state index contributed by atoms with van der Waals surface area (Å²) in [6.07, 6.45) is 9.87. The van der Waals surface area contributed by atoms with E-state index in [-0.39, 0.29) is 0 Å². The predicted octanol–water partition coefficient (Wildman–Crippen LogP) is 10.1. The number of pyridine rings is 1. The maximum absolute atomic E-state index is 4.89. The number of imidazole rings is 1. The number of nitrogens with zero attached hydrogens (tertiary/aromatic N) is 4. The molecule has 0 N–H and O–H groups in total. The smallest absolute Gasteiger partial charge is 0.144 e. The quantitative estimate of drug-likeness (QED) is 0.181. The minimum atomic E-state index is 0.570. The number of hydrogen-bond acceptors (Lipinski definition) is 2. The van der Waals surface area contributed by atoms with Crippen LogP contribution in [0.2, 0.25) is 0 Å². The third-order valence-electron chi connectivity index (χ3n) is 8.39. The molecule has 0 fully saturated rings. The van der Waals surface area contributed by atoms with Crippen molar-refractivity contribution in [1.29, 1.82) is 0 Å². The van der Waals surface area contributed by atoms with E-state index in [4.69, 9.17) is 4.98 Å². The zero-order valence-corrected chi connectivity index (χ0v) is 25.9. The summed E-state index contributed by atoms with van der Waals surface area (Å²) in [5.41, 5.74) is 11.0. The number of aromatic nitrogens is 4. The van der Waals surface area contributed by atoms with E-state index >= 15 is 0 Å². The van der Waals surface area contributed by atoms with Crippen LogP contribution in [0.15, 0.2) is 122 Å². The van der Waals surface area contributed by atoms with E-state index < -0.39 is 0 Å². The van der Waals surface area contributed by atoms with Crippen LogP contribution in [-0.4, -0.2) is 19.1 Å². The molecule has 0 bridgehead atoms. The van der Waals surface area contributed by atoms with Crippen LogP contribution in [0.4, 0.5) is 0 Å². The molecule has 7 aromatic rings. The highest BCUT2D eigenvalue weighted by atomic mass is 15.1. The van der Waals surface area contributed by atoms with E-state index in [1.807, 2.05) is 24.7 Å². The molecule has 4 heteroatoms. The van der Waals surface area contributed by atoms with E-state index in [0.717, 1.165) is 35.5 Å². The molecule has 4 nitrogen and oxygen atoms in total. The Labute approximate surface area is 259 Å². The van der Waals surface area contributed by atoms with Gasteiger partial charge in [0.05, 0.1) is 16.7 Å². The van der Waals surface area contributed by atoms with Gasteiger partial charge < -0.3 is 4.57 Å². The Morgan fingerprint density at radius 2 is 1.32 bits per heavy atom. The van der Waals surface area contributed by atoms with Crippen molar-refractivity contribution in [2.75, 3.05) is 0 Å². The van der Waals surface area contributed by atoms with Crippen LogP contribution in [0.3, 0.4) is 0 Å². The molecule has 0 atom stereocenters. The monoisotopic (exact) mass is 574 g/mol. The van der Waals surface area contributed by atoms with Crippen molar-refractivity contribution in [3.05, 3.63) is 133 Å². The Morgan fingerprint density at radius 1 is 0.614 bits per heavy atom. The molecule has 0 unspecified atom stereocenters. The summed E-state index contributed by atoms with van der Waals surface area (Å²) >= 11 is 0. The van der Waals surface area contributed by atoms with Gasteiger partial charge in [0.15, 0.2) is 0 Å². The first kappa shape index (κ1) is 27.8. The first-order chi connectivity index (χ1) is 21.5. The van der Waals surface area contributed by atoms with Gasteiger partial charge in [0.25, 0.3) is 0 Å². The van der Waals surface area contributed by atoms with Gasteiger partial charge in [-0.15, -0.1) is 0 Å². The zero-order chi connectivity index (χ0) is 30.2. The zero-order valence-electron chi connectivity index (χ0n) is 25.9. The van der Waals surface area contributed by atoms with Gasteiger partial charge in [-0.2, -0.15) is 0 Å². The molecule has 44 heavy (non-hydrogen) atoms. The first-order valence-electron chi connectivity index (χ1n) is 15.7. The second-order valence-corrected chi connectivity index (χ2v) is 12.6. The lowest BCUT2D eigenvalue weighted by molar-refractivity contribution is 0.631. The SMILES string of the molecule is CC(C)Cc1cccc(CC(C)C)c1-n1ccnc1-c1ccc(-n2c3ccccc3c3cc(-c4cccnc4)ccc32)cc1. The summed E-state index contributed by atoms with van der Waals surface area (Å²) in [7, 11) is 0. The van der Waals surface area contributed by atoms with Crippen molar-refractivity contribution in [2.24, 2.45) is 11.8 Å². The predicted molar refractivity (Wildman–Crippen MR) is 184 cm³/mol. The molecule has 0 aliphatic heterocycles. The van der Waals surface area contributed by atoms with Crippen molar-refractivity contribution >= 4 is 21.8 Å². The van der Waals surface area contributed by atoms with Crippen LogP contribution < -0.4 is 0 Å². The third kappa shape index (κ3) is 5.11. The highest BCUT2D eigenvalue weighted by Gasteiger charge is 2.18. The molecule has 4 aromatic carbocycles. The molecule has 3 heterocycles. The van der Waals surface area contributed by atoms with Crippen molar-refractivity contribution in [3.63, 3.8) is 0 Å². The average Bonchev–Trinajstić information content (AvgIpc) is 3.64. The van der Waals surface area contributed by atoms with Crippen LogP contribution in [-0.2, 0) is 12.8 Å². The van der Waals surface area contributed by atoms with Crippen molar-refractivity contribution < 1.29 is 0 Å². The molecule has 218 valence electrons. The van der Waals surface area contributed by atoms with Crippen LogP contribution in [0.25, 0.3) is 55.7 Å².